The Bertz CT molecular complexity index is 818. The van der Waals surface area contributed by atoms with E-state index in [2.05, 4.69) is 9.97 Å². The van der Waals surface area contributed by atoms with E-state index in [1.54, 1.807) is 60.7 Å². The third-order valence-corrected chi connectivity index (χ3v) is 3.56. The lowest BCUT2D eigenvalue weighted by Gasteiger charge is -2.13. The van der Waals surface area contributed by atoms with Gasteiger partial charge in [0.15, 0.2) is 11.5 Å². The second-order valence-corrected chi connectivity index (χ2v) is 5.17. The molecule has 1 aromatic heterocycles. The van der Waals surface area contributed by atoms with Crippen LogP contribution in [0.4, 0.5) is 13.2 Å². The number of nitrogens with zero attached hydrogens (tertiary/aromatic N) is 2. The van der Waals surface area contributed by atoms with Gasteiger partial charge in [-0.05, 0) is 0 Å². The molecule has 0 saturated heterocycles. The normalized spacial score (nSPS) is 11.5. The van der Waals surface area contributed by atoms with Gasteiger partial charge in [-0.15, -0.1) is 0 Å². The third-order valence-electron chi connectivity index (χ3n) is 3.20. The van der Waals surface area contributed by atoms with Crippen molar-refractivity contribution in [1.29, 1.82) is 0 Å². The second-order valence-electron chi connectivity index (χ2n) is 4.79. The molecule has 6 heteroatoms. The van der Waals surface area contributed by atoms with Crippen LogP contribution in [0.3, 0.4) is 0 Å². The maximum Gasteiger partial charge on any atom is 0.435 e. The maximum absolute atomic E-state index is 13.3. The van der Waals surface area contributed by atoms with Gasteiger partial charge in [0.25, 0.3) is 0 Å². The van der Waals surface area contributed by atoms with Crippen molar-refractivity contribution in [3.63, 3.8) is 0 Å². The minimum Gasteiger partial charge on any atom is -0.226 e. The molecule has 2 nitrogen and oxygen atoms in total. The van der Waals surface area contributed by atoms with Crippen molar-refractivity contribution in [1.82, 2.24) is 9.97 Å². The van der Waals surface area contributed by atoms with Crippen molar-refractivity contribution in [3.8, 4) is 22.6 Å². The molecule has 0 radical (unpaired) electrons. The fraction of sp³-hybridized carbons (Fsp3) is 0.0588. The minimum absolute atomic E-state index is 0.0128. The van der Waals surface area contributed by atoms with Crippen molar-refractivity contribution in [2.45, 2.75) is 6.18 Å². The smallest absolute Gasteiger partial charge is 0.226 e. The lowest BCUT2D eigenvalue weighted by molar-refractivity contribution is -0.141. The van der Waals surface area contributed by atoms with Crippen LogP contribution >= 0.6 is 11.6 Å². The molecule has 0 N–H and O–H groups in total. The van der Waals surface area contributed by atoms with Gasteiger partial charge < -0.3 is 0 Å². The molecule has 0 aliphatic rings. The molecule has 0 spiro atoms. The summed E-state index contributed by atoms with van der Waals surface area (Å²) in [5.41, 5.74) is -0.0743. The molecule has 3 rings (SSSR count). The molecule has 3 aromatic rings. The van der Waals surface area contributed by atoms with Crippen molar-refractivity contribution in [3.05, 3.63) is 71.4 Å². The molecule has 0 unspecified atom stereocenters. The molecule has 0 aliphatic carbocycles. The first-order chi connectivity index (χ1) is 11.0. The van der Waals surface area contributed by atoms with E-state index in [0.29, 0.717) is 11.1 Å². The van der Waals surface area contributed by atoms with Crippen molar-refractivity contribution in [2.75, 3.05) is 0 Å². The standard InChI is InChI=1S/C17H10ClF3N2/c18-13-14(11-7-3-1-4-8-11)22-16(12-9-5-2-6-10-12)23-15(13)17(19,20)21/h1-10H. The van der Waals surface area contributed by atoms with E-state index in [9.17, 15) is 13.2 Å². The van der Waals surface area contributed by atoms with Gasteiger partial charge in [-0.1, -0.05) is 72.3 Å². The van der Waals surface area contributed by atoms with Crippen molar-refractivity contribution < 1.29 is 13.2 Å². The van der Waals surface area contributed by atoms with Crippen LogP contribution < -0.4 is 0 Å². The summed E-state index contributed by atoms with van der Waals surface area (Å²) < 4.78 is 39.8. The quantitative estimate of drug-likeness (QED) is 0.620. The van der Waals surface area contributed by atoms with Crippen LogP contribution in [0.25, 0.3) is 22.6 Å². The molecule has 0 aliphatic heterocycles. The van der Waals surface area contributed by atoms with E-state index in [1.165, 1.54) is 0 Å². The molecule has 1 heterocycles. The summed E-state index contributed by atoms with van der Waals surface area (Å²) in [6.45, 7) is 0. The molecule has 0 bridgehead atoms. The zero-order valence-corrected chi connectivity index (χ0v) is 12.4. The Balaban J connectivity index is 2.27. The molecule has 0 amide bonds. The van der Waals surface area contributed by atoms with Gasteiger partial charge in [0.1, 0.15) is 0 Å². The molecule has 0 fully saturated rings. The van der Waals surface area contributed by atoms with Gasteiger partial charge >= 0.3 is 6.18 Å². The fourth-order valence-electron chi connectivity index (χ4n) is 2.14. The summed E-state index contributed by atoms with van der Waals surface area (Å²) >= 11 is 5.94. The maximum atomic E-state index is 13.3. The highest BCUT2D eigenvalue weighted by Gasteiger charge is 2.37. The molecular weight excluding hydrogens is 325 g/mol. The first kappa shape index (κ1) is 15.5. The van der Waals surface area contributed by atoms with Crippen LogP contribution in [-0.2, 0) is 6.18 Å². The number of aromatic nitrogens is 2. The number of rotatable bonds is 2. The van der Waals surface area contributed by atoms with Crippen LogP contribution in [0.5, 0.6) is 0 Å². The average Bonchev–Trinajstić information content (AvgIpc) is 2.55. The van der Waals surface area contributed by atoms with Crippen molar-refractivity contribution in [2.24, 2.45) is 0 Å². The van der Waals surface area contributed by atoms with E-state index in [-0.39, 0.29) is 11.5 Å². The zero-order valence-electron chi connectivity index (χ0n) is 11.7. The van der Waals surface area contributed by atoms with E-state index >= 15 is 0 Å². The van der Waals surface area contributed by atoms with Gasteiger partial charge in [-0.25, -0.2) is 9.97 Å². The van der Waals surface area contributed by atoms with E-state index in [1.807, 2.05) is 0 Å². The van der Waals surface area contributed by atoms with Crippen LogP contribution in [0.2, 0.25) is 5.02 Å². The predicted molar refractivity (Wildman–Crippen MR) is 82.9 cm³/mol. The zero-order chi connectivity index (χ0) is 16.4. The van der Waals surface area contributed by atoms with Gasteiger partial charge in [0.2, 0.25) is 0 Å². The van der Waals surface area contributed by atoms with Gasteiger partial charge in [0.05, 0.1) is 10.7 Å². The first-order valence-corrected chi connectivity index (χ1v) is 7.10. The van der Waals surface area contributed by atoms with E-state index in [4.69, 9.17) is 11.6 Å². The van der Waals surface area contributed by atoms with E-state index in [0.717, 1.165) is 0 Å². The summed E-state index contributed by atoms with van der Waals surface area (Å²) in [6.07, 6.45) is -4.66. The summed E-state index contributed by atoms with van der Waals surface area (Å²) in [5.74, 6) is -0.0128. The molecule has 0 saturated carbocycles. The van der Waals surface area contributed by atoms with Crippen LogP contribution in [0, 0.1) is 0 Å². The number of halogens is 4. The number of hydrogen-bond acceptors (Lipinski definition) is 2. The Morgan fingerprint density at radius 2 is 1.26 bits per heavy atom. The molecule has 116 valence electrons. The lowest BCUT2D eigenvalue weighted by Crippen LogP contribution is -2.12. The highest BCUT2D eigenvalue weighted by molar-refractivity contribution is 6.33. The summed E-state index contributed by atoms with van der Waals surface area (Å²) in [5, 5.41) is -0.497. The third kappa shape index (κ3) is 3.19. The molecule has 23 heavy (non-hydrogen) atoms. The van der Waals surface area contributed by atoms with Gasteiger partial charge in [-0.2, -0.15) is 13.2 Å². The summed E-state index contributed by atoms with van der Waals surface area (Å²) in [4.78, 5) is 7.88. The molecule has 0 atom stereocenters. The van der Waals surface area contributed by atoms with Crippen LogP contribution in [0.1, 0.15) is 5.69 Å². The Morgan fingerprint density at radius 3 is 1.78 bits per heavy atom. The Morgan fingerprint density at radius 1 is 0.739 bits per heavy atom. The first-order valence-electron chi connectivity index (χ1n) is 6.72. The number of alkyl halides is 3. The monoisotopic (exact) mass is 334 g/mol. The fourth-order valence-corrected chi connectivity index (χ4v) is 2.44. The van der Waals surface area contributed by atoms with Crippen LogP contribution in [-0.4, -0.2) is 9.97 Å². The number of benzene rings is 2. The van der Waals surface area contributed by atoms with Gasteiger partial charge in [-0.3, -0.25) is 0 Å². The largest absolute Gasteiger partial charge is 0.435 e. The summed E-state index contributed by atoms with van der Waals surface area (Å²) in [7, 11) is 0. The topological polar surface area (TPSA) is 25.8 Å². The second kappa shape index (κ2) is 6.01. The molecular formula is C17H10ClF3N2. The summed E-state index contributed by atoms with van der Waals surface area (Å²) in [6, 6.07) is 17.0. The Kier molecular flexibility index (Phi) is 4.05. The Hall–Kier alpha value is -2.40. The highest BCUT2D eigenvalue weighted by Crippen LogP contribution is 2.39. The van der Waals surface area contributed by atoms with Crippen LogP contribution in [0.15, 0.2) is 60.7 Å². The minimum atomic E-state index is -4.66. The van der Waals surface area contributed by atoms with E-state index < -0.39 is 16.9 Å². The SMILES string of the molecule is FC(F)(F)c1nc(-c2ccccc2)nc(-c2ccccc2)c1Cl. The van der Waals surface area contributed by atoms with Gasteiger partial charge in [0, 0.05) is 11.1 Å². The highest BCUT2D eigenvalue weighted by atomic mass is 35.5. The average molecular weight is 335 g/mol. The number of hydrogen-bond donors (Lipinski definition) is 0. The predicted octanol–water partition coefficient (Wildman–Crippen LogP) is 5.48. The molecule has 2 aromatic carbocycles. The van der Waals surface area contributed by atoms with Crippen molar-refractivity contribution >= 4 is 11.6 Å². The Labute approximate surface area is 135 Å². The lowest BCUT2D eigenvalue weighted by atomic mass is 10.1.